The van der Waals surface area contributed by atoms with Crippen LogP contribution in [0.1, 0.15) is 6.42 Å². The number of piperazine rings is 1. The Labute approximate surface area is 178 Å². The van der Waals surface area contributed by atoms with Crippen LogP contribution in [0.2, 0.25) is 0 Å². The fourth-order valence-corrected chi connectivity index (χ4v) is 4.84. The predicted octanol–water partition coefficient (Wildman–Crippen LogP) is 0.486. The molecule has 0 saturated carbocycles. The van der Waals surface area contributed by atoms with Crippen LogP contribution in [0.25, 0.3) is 0 Å². The molecule has 13 heteroatoms. The summed E-state index contributed by atoms with van der Waals surface area (Å²) in [5.41, 5.74) is -0.196. The number of ether oxygens (including phenoxy) is 2. The number of hydrogen-bond donors (Lipinski definition) is 0. The third-order valence-electron chi connectivity index (χ3n) is 5.08. The predicted molar refractivity (Wildman–Crippen MR) is 106 cm³/mol. The van der Waals surface area contributed by atoms with Crippen LogP contribution in [0.15, 0.2) is 35.5 Å². The summed E-state index contributed by atoms with van der Waals surface area (Å²) in [6.07, 6.45) is 2.98. The van der Waals surface area contributed by atoms with Crippen LogP contribution >= 0.6 is 0 Å². The summed E-state index contributed by atoms with van der Waals surface area (Å²) < 4.78 is 39.7. The van der Waals surface area contributed by atoms with Gasteiger partial charge in [-0.2, -0.15) is 9.40 Å². The van der Waals surface area contributed by atoms with E-state index in [9.17, 15) is 23.3 Å². The fourth-order valence-electron chi connectivity index (χ4n) is 3.40. The van der Waals surface area contributed by atoms with Crippen molar-refractivity contribution in [3.8, 4) is 11.5 Å². The molecule has 3 heterocycles. The summed E-state index contributed by atoms with van der Waals surface area (Å²) in [6.45, 7) is 1.53. The molecule has 31 heavy (non-hydrogen) atoms. The average Bonchev–Trinajstić information content (AvgIpc) is 3.10. The van der Waals surface area contributed by atoms with Crippen molar-refractivity contribution in [3.05, 3.63) is 40.7 Å². The standard InChI is InChI=1S/C18H21N5O7S/c24-18(13-21-12-14(11-19-21)23(25)26)20-4-6-22(7-5-20)31(27,28)15-2-3-16-17(10-15)30-9-1-8-29-16/h2-3,10-12H,1,4-9,13H2. The number of nitrogens with zero attached hydrogens (tertiary/aromatic N) is 5. The Morgan fingerprint density at radius 2 is 1.84 bits per heavy atom. The molecular weight excluding hydrogens is 430 g/mol. The van der Waals surface area contributed by atoms with E-state index >= 15 is 0 Å². The number of fused-ring (bicyclic) bond motifs is 1. The lowest BCUT2D eigenvalue weighted by Crippen LogP contribution is -2.51. The molecule has 0 spiro atoms. The van der Waals surface area contributed by atoms with E-state index in [-0.39, 0.29) is 49.2 Å². The molecule has 2 aliphatic heterocycles. The molecule has 0 aliphatic carbocycles. The van der Waals surface area contributed by atoms with Crippen molar-refractivity contribution < 1.29 is 27.6 Å². The number of carbonyl (C=O) groups excluding carboxylic acids is 1. The zero-order valence-corrected chi connectivity index (χ0v) is 17.4. The Hall–Kier alpha value is -3.19. The molecule has 0 bridgehead atoms. The van der Waals surface area contributed by atoms with Crippen molar-refractivity contribution in [3.63, 3.8) is 0 Å². The molecular formula is C18H21N5O7S. The molecule has 0 radical (unpaired) electrons. The van der Waals surface area contributed by atoms with Gasteiger partial charge in [-0.15, -0.1) is 0 Å². The highest BCUT2D eigenvalue weighted by Crippen LogP contribution is 2.33. The van der Waals surface area contributed by atoms with E-state index in [1.54, 1.807) is 6.07 Å². The van der Waals surface area contributed by atoms with Crippen LogP contribution in [0, 0.1) is 10.1 Å². The maximum atomic E-state index is 13.0. The lowest BCUT2D eigenvalue weighted by molar-refractivity contribution is -0.385. The van der Waals surface area contributed by atoms with Gasteiger partial charge in [-0.1, -0.05) is 0 Å². The first-order valence-electron chi connectivity index (χ1n) is 9.69. The number of aromatic nitrogens is 2. The maximum Gasteiger partial charge on any atom is 0.307 e. The summed E-state index contributed by atoms with van der Waals surface area (Å²) >= 11 is 0. The molecule has 0 unspecified atom stereocenters. The van der Waals surface area contributed by atoms with Gasteiger partial charge >= 0.3 is 5.69 Å². The van der Waals surface area contributed by atoms with E-state index in [0.29, 0.717) is 24.7 Å². The van der Waals surface area contributed by atoms with E-state index in [1.807, 2.05) is 0 Å². The summed E-state index contributed by atoms with van der Waals surface area (Å²) in [6, 6.07) is 4.56. The highest BCUT2D eigenvalue weighted by Gasteiger charge is 2.31. The molecule has 0 N–H and O–H groups in total. The van der Waals surface area contributed by atoms with Gasteiger partial charge in [0.2, 0.25) is 15.9 Å². The van der Waals surface area contributed by atoms with Gasteiger partial charge in [0.1, 0.15) is 18.9 Å². The first kappa shape index (κ1) is 21.1. The lowest BCUT2D eigenvalue weighted by Gasteiger charge is -2.34. The molecule has 1 fully saturated rings. The third-order valence-corrected chi connectivity index (χ3v) is 6.97. The number of hydrogen-bond acceptors (Lipinski definition) is 8. The Morgan fingerprint density at radius 1 is 1.13 bits per heavy atom. The topological polar surface area (TPSA) is 137 Å². The van der Waals surface area contributed by atoms with E-state index in [0.717, 1.165) is 12.6 Å². The Bertz CT molecular complexity index is 1090. The van der Waals surface area contributed by atoms with E-state index in [2.05, 4.69) is 5.10 Å². The van der Waals surface area contributed by atoms with Gasteiger partial charge < -0.3 is 14.4 Å². The van der Waals surface area contributed by atoms with Gasteiger partial charge in [0.25, 0.3) is 0 Å². The largest absolute Gasteiger partial charge is 0.490 e. The summed E-state index contributed by atoms with van der Waals surface area (Å²) in [7, 11) is -3.75. The normalized spacial score (nSPS) is 17.2. The van der Waals surface area contributed by atoms with Crippen molar-refractivity contribution >= 4 is 21.6 Å². The van der Waals surface area contributed by atoms with Crippen molar-refractivity contribution in [1.82, 2.24) is 19.0 Å². The highest BCUT2D eigenvalue weighted by atomic mass is 32.2. The summed E-state index contributed by atoms with van der Waals surface area (Å²) in [4.78, 5) is 24.2. The molecule has 166 valence electrons. The molecule has 1 saturated heterocycles. The minimum absolute atomic E-state index is 0.111. The van der Waals surface area contributed by atoms with Crippen molar-refractivity contribution in [2.45, 2.75) is 17.9 Å². The summed E-state index contributed by atoms with van der Waals surface area (Å²) in [5, 5.41) is 14.5. The zero-order valence-electron chi connectivity index (χ0n) is 16.5. The summed E-state index contributed by atoms with van der Waals surface area (Å²) in [5.74, 6) is 0.636. The molecule has 2 aliphatic rings. The monoisotopic (exact) mass is 451 g/mol. The molecule has 2 aromatic rings. The number of rotatable bonds is 5. The highest BCUT2D eigenvalue weighted by molar-refractivity contribution is 7.89. The van der Waals surface area contributed by atoms with Crippen molar-refractivity contribution in [2.24, 2.45) is 0 Å². The van der Waals surface area contributed by atoms with Gasteiger partial charge in [-0.05, 0) is 12.1 Å². The van der Waals surface area contributed by atoms with Crippen LogP contribution in [0.3, 0.4) is 0 Å². The van der Waals surface area contributed by atoms with Crippen LogP contribution in [0.5, 0.6) is 11.5 Å². The van der Waals surface area contributed by atoms with E-state index in [1.165, 1.54) is 32.2 Å². The van der Waals surface area contributed by atoms with Gasteiger partial charge in [0.15, 0.2) is 11.5 Å². The first-order valence-corrected chi connectivity index (χ1v) is 11.1. The smallest absolute Gasteiger partial charge is 0.307 e. The fraction of sp³-hybridized carbons (Fsp3) is 0.444. The second-order valence-electron chi connectivity index (χ2n) is 7.10. The second-order valence-corrected chi connectivity index (χ2v) is 9.04. The number of sulfonamides is 1. The Morgan fingerprint density at radius 3 is 2.52 bits per heavy atom. The van der Waals surface area contributed by atoms with Gasteiger partial charge in [-0.3, -0.25) is 19.6 Å². The van der Waals surface area contributed by atoms with Crippen molar-refractivity contribution in [2.75, 3.05) is 39.4 Å². The number of benzene rings is 1. The van der Waals surface area contributed by atoms with Gasteiger partial charge in [-0.25, -0.2) is 8.42 Å². The minimum Gasteiger partial charge on any atom is -0.490 e. The SMILES string of the molecule is O=C(Cn1cc([N+](=O)[O-])cn1)N1CCN(S(=O)(=O)c2ccc3c(c2)OCCCO3)CC1. The first-order chi connectivity index (χ1) is 14.8. The molecule has 1 aromatic heterocycles. The number of nitro groups is 1. The zero-order chi connectivity index (χ0) is 22.0. The third kappa shape index (κ3) is 4.46. The van der Waals surface area contributed by atoms with Crippen LogP contribution in [-0.2, 0) is 21.4 Å². The molecule has 1 amide bonds. The number of amides is 1. The second kappa shape index (κ2) is 8.51. The molecule has 0 atom stereocenters. The van der Waals surface area contributed by atoms with Crippen LogP contribution in [-0.4, -0.2) is 77.6 Å². The Balaban J connectivity index is 1.39. The quantitative estimate of drug-likeness (QED) is 0.473. The van der Waals surface area contributed by atoms with E-state index in [4.69, 9.17) is 9.47 Å². The van der Waals surface area contributed by atoms with Crippen LogP contribution < -0.4 is 9.47 Å². The minimum atomic E-state index is -3.75. The molecule has 4 rings (SSSR count). The van der Waals surface area contributed by atoms with Crippen LogP contribution in [0.4, 0.5) is 5.69 Å². The molecule has 12 nitrogen and oxygen atoms in total. The van der Waals surface area contributed by atoms with Crippen molar-refractivity contribution in [1.29, 1.82) is 0 Å². The average molecular weight is 451 g/mol. The lowest BCUT2D eigenvalue weighted by atomic mass is 10.3. The van der Waals surface area contributed by atoms with Gasteiger partial charge in [0, 0.05) is 38.7 Å². The van der Waals surface area contributed by atoms with Gasteiger partial charge in [0.05, 0.1) is 23.0 Å². The number of carbonyl (C=O) groups is 1. The van der Waals surface area contributed by atoms with E-state index < -0.39 is 14.9 Å². The molecule has 1 aromatic carbocycles. The Kier molecular flexibility index (Phi) is 5.78. The maximum absolute atomic E-state index is 13.0.